The summed E-state index contributed by atoms with van der Waals surface area (Å²) in [5.74, 6) is 2.29. The zero-order chi connectivity index (χ0) is 13.0. The van der Waals surface area contributed by atoms with Crippen molar-refractivity contribution < 1.29 is 4.74 Å². The van der Waals surface area contributed by atoms with E-state index in [0.29, 0.717) is 4.75 Å². The number of nitrogens with one attached hydrogen (secondary N) is 1. The molecule has 1 aliphatic heterocycles. The van der Waals surface area contributed by atoms with Crippen LogP contribution >= 0.6 is 11.8 Å². The van der Waals surface area contributed by atoms with Crippen LogP contribution in [-0.4, -0.2) is 24.2 Å². The Balaban J connectivity index is 1.85. The van der Waals surface area contributed by atoms with Crippen LogP contribution in [0.2, 0.25) is 0 Å². The molecule has 2 rings (SSSR count). The summed E-state index contributed by atoms with van der Waals surface area (Å²) in [6.45, 7) is 6.51. The van der Waals surface area contributed by atoms with E-state index < -0.39 is 0 Å². The van der Waals surface area contributed by atoms with Crippen LogP contribution in [0.25, 0.3) is 0 Å². The molecule has 0 aliphatic carbocycles. The maximum Gasteiger partial charge on any atom is 0.121 e. The molecule has 1 aromatic carbocycles. The SMILES string of the molecule is COc1ccc(CNCC2(C)CCCS2)cc1C. The van der Waals surface area contributed by atoms with Crippen molar-refractivity contribution in [2.45, 2.75) is 38.0 Å². The summed E-state index contributed by atoms with van der Waals surface area (Å²) in [6.07, 6.45) is 2.71. The first-order chi connectivity index (χ1) is 8.63. The number of rotatable bonds is 5. The summed E-state index contributed by atoms with van der Waals surface area (Å²) in [4.78, 5) is 0. The standard InChI is InChI=1S/C15H23NOS/c1-12-9-13(5-6-14(12)17-3)10-16-11-15(2)7-4-8-18-15/h5-6,9,16H,4,7-8,10-11H2,1-3H3. The van der Waals surface area contributed by atoms with Gasteiger partial charge in [-0.15, -0.1) is 0 Å². The first-order valence-electron chi connectivity index (χ1n) is 6.61. The van der Waals surface area contributed by atoms with Crippen molar-refractivity contribution in [1.29, 1.82) is 0 Å². The molecule has 1 N–H and O–H groups in total. The molecular formula is C15H23NOS. The van der Waals surface area contributed by atoms with Crippen molar-refractivity contribution >= 4 is 11.8 Å². The van der Waals surface area contributed by atoms with Crippen LogP contribution < -0.4 is 10.1 Å². The lowest BCUT2D eigenvalue weighted by atomic mass is 10.1. The number of aryl methyl sites for hydroxylation is 1. The van der Waals surface area contributed by atoms with Crippen LogP contribution in [-0.2, 0) is 6.54 Å². The number of ether oxygens (including phenoxy) is 1. The maximum absolute atomic E-state index is 5.28. The summed E-state index contributed by atoms with van der Waals surface area (Å²) >= 11 is 2.11. The maximum atomic E-state index is 5.28. The molecule has 100 valence electrons. The van der Waals surface area contributed by atoms with Gasteiger partial charge in [-0.05, 0) is 49.6 Å². The van der Waals surface area contributed by atoms with Gasteiger partial charge in [-0.25, -0.2) is 0 Å². The predicted molar refractivity (Wildman–Crippen MR) is 79.5 cm³/mol. The fourth-order valence-corrected chi connectivity index (χ4v) is 3.77. The second-order valence-corrected chi connectivity index (χ2v) is 6.99. The van der Waals surface area contributed by atoms with Crippen LogP contribution in [0.3, 0.4) is 0 Å². The number of hydrogen-bond donors (Lipinski definition) is 1. The molecule has 0 aromatic heterocycles. The van der Waals surface area contributed by atoms with E-state index in [1.807, 2.05) is 0 Å². The smallest absolute Gasteiger partial charge is 0.121 e. The Morgan fingerprint density at radius 1 is 1.44 bits per heavy atom. The Morgan fingerprint density at radius 3 is 2.89 bits per heavy atom. The third-order valence-electron chi connectivity index (χ3n) is 3.59. The van der Waals surface area contributed by atoms with Crippen molar-refractivity contribution in [2.75, 3.05) is 19.4 Å². The quantitative estimate of drug-likeness (QED) is 0.882. The van der Waals surface area contributed by atoms with Crippen LogP contribution in [0, 0.1) is 6.92 Å². The molecule has 2 nitrogen and oxygen atoms in total. The summed E-state index contributed by atoms with van der Waals surface area (Å²) in [5, 5.41) is 3.59. The van der Waals surface area contributed by atoms with Gasteiger partial charge in [0, 0.05) is 17.8 Å². The zero-order valence-corrected chi connectivity index (χ0v) is 12.4. The van der Waals surface area contributed by atoms with Crippen LogP contribution in [0.4, 0.5) is 0 Å². The van der Waals surface area contributed by atoms with Crippen LogP contribution in [0.15, 0.2) is 18.2 Å². The van der Waals surface area contributed by atoms with Gasteiger partial charge in [0.2, 0.25) is 0 Å². The van der Waals surface area contributed by atoms with Gasteiger partial charge in [0.05, 0.1) is 7.11 Å². The van der Waals surface area contributed by atoms with Crippen LogP contribution in [0.5, 0.6) is 5.75 Å². The molecule has 3 heteroatoms. The Kier molecular flexibility index (Phi) is 4.57. The van der Waals surface area contributed by atoms with Crippen molar-refractivity contribution in [3.8, 4) is 5.75 Å². The Bertz CT molecular complexity index is 399. The topological polar surface area (TPSA) is 21.3 Å². The Hall–Kier alpha value is -0.670. The van der Waals surface area contributed by atoms with Gasteiger partial charge >= 0.3 is 0 Å². The van der Waals surface area contributed by atoms with E-state index in [-0.39, 0.29) is 0 Å². The number of benzene rings is 1. The first-order valence-corrected chi connectivity index (χ1v) is 7.60. The monoisotopic (exact) mass is 265 g/mol. The Morgan fingerprint density at radius 2 is 2.28 bits per heavy atom. The lowest BCUT2D eigenvalue weighted by Crippen LogP contribution is -2.32. The van der Waals surface area contributed by atoms with Gasteiger partial charge in [0.25, 0.3) is 0 Å². The minimum Gasteiger partial charge on any atom is -0.496 e. The molecule has 0 bridgehead atoms. The highest BCUT2D eigenvalue weighted by Crippen LogP contribution is 2.37. The predicted octanol–water partition coefficient (Wildman–Crippen LogP) is 3.38. The zero-order valence-electron chi connectivity index (χ0n) is 11.6. The van der Waals surface area contributed by atoms with Crippen molar-refractivity contribution in [3.63, 3.8) is 0 Å². The van der Waals surface area contributed by atoms with Crippen molar-refractivity contribution in [2.24, 2.45) is 0 Å². The highest BCUT2D eigenvalue weighted by atomic mass is 32.2. The fourth-order valence-electron chi connectivity index (χ4n) is 2.50. The average molecular weight is 265 g/mol. The highest BCUT2D eigenvalue weighted by Gasteiger charge is 2.28. The van der Waals surface area contributed by atoms with Crippen LogP contribution in [0.1, 0.15) is 30.9 Å². The molecule has 1 atom stereocenters. The lowest BCUT2D eigenvalue weighted by molar-refractivity contribution is 0.411. The summed E-state index contributed by atoms with van der Waals surface area (Å²) in [6, 6.07) is 6.40. The van der Waals surface area contributed by atoms with Gasteiger partial charge in [-0.1, -0.05) is 12.1 Å². The summed E-state index contributed by atoms with van der Waals surface area (Å²) in [5.41, 5.74) is 2.54. The second-order valence-electron chi connectivity index (χ2n) is 5.31. The molecule has 1 saturated heterocycles. The van der Waals surface area contributed by atoms with Gasteiger partial charge in [-0.2, -0.15) is 11.8 Å². The Labute approximate surface area is 114 Å². The number of methoxy groups -OCH3 is 1. The minimum absolute atomic E-state index is 0.446. The molecule has 1 fully saturated rings. The molecule has 1 aliphatic rings. The van der Waals surface area contributed by atoms with E-state index >= 15 is 0 Å². The number of hydrogen-bond acceptors (Lipinski definition) is 3. The van der Waals surface area contributed by atoms with E-state index in [1.54, 1.807) is 7.11 Å². The van der Waals surface area contributed by atoms with Gasteiger partial charge in [-0.3, -0.25) is 0 Å². The van der Waals surface area contributed by atoms with E-state index in [9.17, 15) is 0 Å². The molecule has 1 heterocycles. The van der Waals surface area contributed by atoms with Gasteiger partial charge < -0.3 is 10.1 Å². The molecule has 0 radical (unpaired) electrons. The molecule has 18 heavy (non-hydrogen) atoms. The van der Waals surface area contributed by atoms with Crippen molar-refractivity contribution in [1.82, 2.24) is 5.32 Å². The lowest BCUT2D eigenvalue weighted by Gasteiger charge is -2.23. The largest absolute Gasteiger partial charge is 0.496 e. The first kappa shape index (κ1) is 13.8. The second kappa shape index (κ2) is 5.98. The van der Waals surface area contributed by atoms with Gasteiger partial charge in [0.1, 0.15) is 5.75 Å². The fraction of sp³-hybridized carbons (Fsp3) is 0.600. The summed E-state index contributed by atoms with van der Waals surface area (Å²) in [7, 11) is 1.72. The van der Waals surface area contributed by atoms with Gasteiger partial charge in [0.15, 0.2) is 0 Å². The minimum atomic E-state index is 0.446. The average Bonchev–Trinajstić information content (AvgIpc) is 2.77. The summed E-state index contributed by atoms with van der Waals surface area (Å²) < 4.78 is 5.72. The third kappa shape index (κ3) is 3.42. The normalized spacial score (nSPS) is 23.3. The molecule has 1 unspecified atom stereocenters. The number of thioether (sulfide) groups is 1. The molecular weight excluding hydrogens is 242 g/mol. The molecule has 0 amide bonds. The third-order valence-corrected chi connectivity index (χ3v) is 5.13. The van der Waals surface area contributed by atoms with Crippen molar-refractivity contribution in [3.05, 3.63) is 29.3 Å². The van der Waals surface area contributed by atoms with E-state index in [4.69, 9.17) is 4.74 Å². The highest BCUT2D eigenvalue weighted by molar-refractivity contribution is 8.00. The van der Waals surface area contributed by atoms with E-state index in [0.717, 1.165) is 18.8 Å². The molecule has 1 aromatic rings. The van der Waals surface area contributed by atoms with E-state index in [1.165, 1.54) is 29.7 Å². The molecule has 0 saturated carbocycles. The molecule has 0 spiro atoms. The van der Waals surface area contributed by atoms with E-state index in [2.05, 4.69) is 49.1 Å².